The average Bonchev–Trinajstić information content (AvgIpc) is 2.91. The fourth-order valence-electron chi connectivity index (χ4n) is 4.10. The van der Waals surface area contributed by atoms with Crippen LogP contribution in [-0.4, -0.2) is 50.0 Å². The van der Waals surface area contributed by atoms with E-state index in [0.29, 0.717) is 22.0 Å². The van der Waals surface area contributed by atoms with Crippen LogP contribution >= 0.6 is 46.4 Å². The van der Waals surface area contributed by atoms with Crippen molar-refractivity contribution in [3.63, 3.8) is 0 Å². The first-order valence-corrected chi connectivity index (χ1v) is 16.2. The van der Waals surface area contributed by atoms with Crippen molar-refractivity contribution in [1.29, 1.82) is 0 Å². The molecular weight excluding hydrogens is 628 g/mol. The molecule has 0 aliphatic carbocycles. The molecule has 3 aromatic rings. The number of benzene rings is 3. The Morgan fingerprint density at radius 1 is 0.902 bits per heavy atom. The molecule has 0 unspecified atom stereocenters. The van der Waals surface area contributed by atoms with Crippen LogP contribution in [0.5, 0.6) is 0 Å². The van der Waals surface area contributed by atoms with Gasteiger partial charge < -0.3 is 10.2 Å². The number of amides is 2. The quantitative estimate of drug-likeness (QED) is 0.237. The highest BCUT2D eigenvalue weighted by Crippen LogP contribution is 2.31. The number of rotatable bonds is 12. The zero-order chi connectivity index (χ0) is 30.3. The van der Waals surface area contributed by atoms with Gasteiger partial charge in [0.05, 0.1) is 17.0 Å². The number of hydrogen-bond donors (Lipinski definition) is 1. The van der Waals surface area contributed by atoms with Crippen LogP contribution in [0.1, 0.15) is 31.4 Å². The van der Waals surface area contributed by atoms with Gasteiger partial charge in [0.1, 0.15) is 12.6 Å². The van der Waals surface area contributed by atoms with Gasteiger partial charge in [0.15, 0.2) is 0 Å². The zero-order valence-corrected chi connectivity index (χ0v) is 26.6. The standard InChI is InChI=1S/C29H31Cl4N3O4S/c1-4-19(2)34-29(38)27(14-20-8-6-5-7-9-20)35(17-21-10-11-22(30)15-25(21)33)28(37)18-36(41(3,39)40)26-16-23(31)12-13-24(26)32/h5-13,15-16,19,27H,4,14,17-18H2,1-3H3,(H,34,38)/t19-,27-/m0/s1. The molecule has 0 aromatic heterocycles. The monoisotopic (exact) mass is 657 g/mol. The fourth-order valence-corrected chi connectivity index (χ4v) is 5.86. The first kappa shape index (κ1) is 33.0. The van der Waals surface area contributed by atoms with Crippen LogP contribution in [0.15, 0.2) is 66.7 Å². The molecule has 220 valence electrons. The first-order valence-electron chi connectivity index (χ1n) is 12.8. The number of hydrogen-bond acceptors (Lipinski definition) is 4. The van der Waals surface area contributed by atoms with E-state index in [2.05, 4.69) is 5.32 Å². The van der Waals surface area contributed by atoms with Crippen LogP contribution in [-0.2, 0) is 32.6 Å². The van der Waals surface area contributed by atoms with E-state index < -0.39 is 28.5 Å². The third-order valence-electron chi connectivity index (χ3n) is 6.48. The van der Waals surface area contributed by atoms with Crippen molar-refractivity contribution < 1.29 is 18.0 Å². The SMILES string of the molecule is CC[C@H](C)NC(=O)[C@H](Cc1ccccc1)N(Cc1ccc(Cl)cc1Cl)C(=O)CN(c1cc(Cl)ccc1Cl)S(C)(=O)=O. The van der Waals surface area contributed by atoms with E-state index in [9.17, 15) is 18.0 Å². The lowest BCUT2D eigenvalue weighted by Crippen LogP contribution is -2.54. The van der Waals surface area contributed by atoms with Crippen molar-refractivity contribution in [1.82, 2.24) is 10.2 Å². The minimum atomic E-state index is -4.00. The number of anilines is 1. The van der Waals surface area contributed by atoms with Gasteiger partial charge in [0, 0.05) is 34.1 Å². The Balaban J connectivity index is 2.12. The van der Waals surface area contributed by atoms with Crippen LogP contribution in [0.4, 0.5) is 5.69 Å². The number of nitrogens with one attached hydrogen (secondary N) is 1. The Morgan fingerprint density at radius 3 is 2.15 bits per heavy atom. The van der Waals surface area contributed by atoms with Gasteiger partial charge in [-0.3, -0.25) is 13.9 Å². The second kappa shape index (κ2) is 14.6. The van der Waals surface area contributed by atoms with E-state index in [1.165, 1.54) is 23.1 Å². The Labute approximate surface area is 261 Å². The highest BCUT2D eigenvalue weighted by atomic mass is 35.5. The average molecular weight is 659 g/mol. The first-order chi connectivity index (χ1) is 19.3. The zero-order valence-electron chi connectivity index (χ0n) is 22.8. The summed E-state index contributed by atoms with van der Waals surface area (Å²) < 4.78 is 26.7. The van der Waals surface area contributed by atoms with Crippen LogP contribution in [0.3, 0.4) is 0 Å². The number of nitrogens with zero attached hydrogens (tertiary/aromatic N) is 2. The molecule has 0 spiro atoms. The molecule has 41 heavy (non-hydrogen) atoms. The minimum absolute atomic E-state index is 0.0446. The van der Waals surface area contributed by atoms with Gasteiger partial charge in [-0.15, -0.1) is 0 Å². The van der Waals surface area contributed by atoms with Gasteiger partial charge in [-0.2, -0.15) is 0 Å². The molecule has 3 rings (SSSR count). The third kappa shape index (κ3) is 9.25. The summed E-state index contributed by atoms with van der Waals surface area (Å²) in [6, 6.07) is 17.3. The Hall–Kier alpha value is -2.49. The van der Waals surface area contributed by atoms with Crippen LogP contribution in [0.2, 0.25) is 20.1 Å². The molecule has 0 heterocycles. The van der Waals surface area contributed by atoms with Gasteiger partial charge in [0.2, 0.25) is 21.8 Å². The highest BCUT2D eigenvalue weighted by molar-refractivity contribution is 7.92. The van der Waals surface area contributed by atoms with E-state index in [0.717, 1.165) is 16.1 Å². The molecule has 1 N–H and O–H groups in total. The summed E-state index contributed by atoms with van der Waals surface area (Å²) in [6.45, 7) is 3.09. The molecule has 0 aliphatic rings. The third-order valence-corrected chi connectivity index (χ3v) is 8.75. The molecular formula is C29H31Cl4N3O4S. The van der Waals surface area contributed by atoms with Gasteiger partial charge >= 0.3 is 0 Å². The van der Waals surface area contributed by atoms with Crippen LogP contribution < -0.4 is 9.62 Å². The van der Waals surface area contributed by atoms with Crippen molar-refractivity contribution in [2.75, 3.05) is 17.1 Å². The summed E-state index contributed by atoms with van der Waals surface area (Å²) in [5, 5.41) is 4.01. The molecule has 2 amide bonds. The van der Waals surface area contributed by atoms with E-state index in [1.807, 2.05) is 44.2 Å². The Bertz CT molecular complexity index is 1490. The summed E-state index contributed by atoms with van der Waals surface area (Å²) in [4.78, 5) is 29.2. The highest BCUT2D eigenvalue weighted by Gasteiger charge is 2.34. The van der Waals surface area contributed by atoms with Gasteiger partial charge in [-0.25, -0.2) is 8.42 Å². The summed E-state index contributed by atoms with van der Waals surface area (Å²) in [5.74, 6) is -1.02. The molecule has 0 fully saturated rings. The predicted molar refractivity (Wildman–Crippen MR) is 167 cm³/mol. The van der Waals surface area contributed by atoms with Crippen molar-refractivity contribution in [3.8, 4) is 0 Å². The molecule has 2 atom stereocenters. The molecule has 12 heteroatoms. The van der Waals surface area contributed by atoms with E-state index >= 15 is 0 Å². The number of carbonyl (C=O) groups excluding carboxylic acids is 2. The molecule has 0 bridgehead atoms. The lowest BCUT2D eigenvalue weighted by Gasteiger charge is -2.34. The lowest BCUT2D eigenvalue weighted by molar-refractivity contribution is -0.140. The van der Waals surface area contributed by atoms with Crippen LogP contribution in [0.25, 0.3) is 0 Å². The summed E-state index contributed by atoms with van der Waals surface area (Å²) in [5.41, 5.74) is 1.39. The molecule has 3 aromatic carbocycles. The van der Waals surface area contributed by atoms with Gasteiger partial charge in [0.25, 0.3) is 0 Å². The minimum Gasteiger partial charge on any atom is -0.352 e. The van der Waals surface area contributed by atoms with Gasteiger partial charge in [-0.1, -0.05) is 89.7 Å². The summed E-state index contributed by atoms with van der Waals surface area (Å²) >= 11 is 25.1. The van der Waals surface area contributed by atoms with E-state index in [4.69, 9.17) is 46.4 Å². The number of carbonyl (C=O) groups is 2. The van der Waals surface area contributed by atoms with E-state index in [1.54, 1.807) is 18.2 Å². The van der Waals surface area contributed by atoms with Crippen molar-refractivity contribution >= 4 is 73.9 Å². The maximum atomic E-state index is 14.1. The van der Waals surface area contributed by atoms with Crippen molar-refractivity contribution in [2.45, 2.75) is 45.3 Å². The Kier molecular flexibility index (Phi) is 11.8. The topological polar surface area (TPSA) is 86.8 Å². The molecule has 7 nitrogen and oxygen atoms in total. The van der Waals surface area contributed by atoms with E-state index in [-0.39, 0.29) is 40.6 Å². The van der Waals surface area contributed by atoms with Crippen molar-refractivity contribution in [3.05, 3.63) is 97.9 Å². The summed E-state index contributed by atoms with van der Waals surface area (Å²) in [6.07, 6.45) is 1.82. The maximum Gasteiger partial charge on any atom is 0.244 e. The van der Waals surface area contributed by atoms with Crippen LogP contribution in [0, 0.1) is 0 Å². The largest absolute Gasteiger partial charge is 0.352 e. The van der Waals surface area contributed by atoms with Gasteiger partial charge in [-0.05, 0) is 54.8 Å². The second-order valence-corrected chi connectivity index (χ2v) is 13.2. The predicted octanol–water partition coefficient (Wildman–Crippen LogP) is 6.62. The number of halogens is 4. The maximum absolute atomic E-state index is 14.1. The molecule has 0 saturated carbocycles. The molecule has 0 radical (unpaired) electrons. The lowest BCUT2D eigenvalue weighted by atomic mass is 10.0. The molecule has 0 aliphatic heterocycles. The smallest absolute Gasteiger partial charge is 0.244 e. The Morgan fingerprint density at radius 2 is 1.54 bits per heavy atom. The second-order valence-electron chi connectivity index (χ2n) is 9.65. The number of sulfonamides is 1. The summed E-state index contributed by atoms with van der Waals surface area (Å²) in [7, 11) is -4.00. The van der Waals surface area contributed by atoms with Crippen molar-refractivity contribution in [2.24, 2.45) is 0 Å². The fraction of sp³-hybridized carbons (Fsp3) is 0.310. The molecule has 0 saturated heterocycles. The normalized spacial score (nSPS) is 12.9.